The van der Waals surface area contributed by atoms with E-state index in [0.717, 1.165) is 0 Å². The Hall–Kier alpha value is -2.08. The topological polar surface area (TPSA) is 84.0 Å². The van der Waals surface area contributed by atoms with Crippen molar-refractivity contribution in [3.63, 3.8) is 0 Å². The fraction of sp³-hybridized carbons (Fsp3) is 0.385. The summed E-state index contributed by atoms with van der Waals surface area (Å²) < 4.78 is 5.13. The minimum Gasteiger partial charge on any atom is -0.444 e. The van der Waals surface area contributed by atoms with Gasteiger partial charge >= 0.3 is 12.1 Å². The van der Waals surface area contributed by atoms with Crippen LogP contribution in [0.2, 0.25) is 0 Å². The highest BCUT2D eigenvalue weighted by Gasteiger charge is 2.16. The van der Waals surface area contributed by atoms with Crippen LogP contribution in [0.4, 0.5) is 21.0 Å². The smallest absolute Gasteiger partial charge is 0.417 e. The van der Waals surface area contributed by atoms with Gasteiger partial charge in [-0.3, -0.25) is 16.0 Å². The molecule has 0 unspecified atom stereocenters. The van der Waals surface area contributed by atoms with Gasteiger partial charge in [0.15, 0.2) is 0 Å². The molecule has 0 atom stereocenters. The monoisotopic (exact) mass is 266 g/mol. The summed E-state index contributed by atoms with van der Waals surface area (Å²) in [6.07, 6.45) is -0.508. The van der Waals surface area contributed by atoms with Crippen LogP contribution in [0.25, 0.3) is 0 Å². The van der Waals surface area contributed by atoms with Crippen LogP contribution in [0.3, 0.4) is 0 Å². The molecule has 3 amide bonds. The summed E-state index contributed by atoms with van der Waals surface area (Å²) in [6.45, 7) is 5.39. The van der Waals surface area contributed by atoms with Gasteiger partial charge in [0.25, 0.3) is 0 Å². The molecule has 0 bridgehead atoms. The van der Waals surface area contributed by atoms with Crippen molar-refractivity contribution in [2.45, 2.75) is 26.4 Å². The standard InChI is InChI=1S/C13H19N3O3/c1-13(2,3)19-12(18)16-10-7-5-9(6-8-10)15-11(17)14-4/h5-8H,1-4H3,(H,16,18)(H2,14,15,17)/p+1. The normalized spacial score (nSPS) is 10.7. The Labute approximate surface area is 112 Å². The predicted molar refractivity (Wildman–Crippen MR) is 73.2 cm³/mol. The van der Waals surface area contributed by atoms with Gasteiger partial charge < -0.3 is 4.74 Å². The number of urea groups is 1. The highest BCUT2D eigenvalue weighted by molar-refractivity contribution is 5.86. The highest BCUT2D eigenvalue weighted by atomic mass is 16.6. The van der Waals surface area contributed by atoms with Crippen LogP contribution in [-0.4, -0.2) is 24.8 Å². The Morgan fingerprint density at radius 1 is 1.05 bits per heavy atom. The predicted octanol–water partition coefficient (Wildman–Crippen LogP) is 1.76. The molecular formula is C13H20N3O3+. The van der Waals surface area contributed by atoms with E-state index in [2.05, 4.69) is 10.6 Å². The maximum Gasteiger partial charge on any atom is 0.417 e. The summed E-state index contributed by atoms with van der Waals surface area (Å²) in [7, 11) is 1.66. The van der Waals surface area contributed by atoms with E-state index in [-0.39, 0.29) is 6.03 Å². The molecule has 104 valence electrons. The molecule has 19 heavy (non-hydrogen) atoms. The molecule has 0 aliphatic carbocycles. The molecule has 0 spiro atoms. The van der Waals surface area contributed by atoms with Crippen molar-refractivity contribution in [3.05, 3.63) is 24.3 Å². The first-order valence-electron chi connectivity index (χ1n) is 6.00. The molecule has 6 nitrogen and oxygen atoms in total. The second kappa shape index (κ2) is 6.19. The highest BCUT2D eigenvalue weighted by Crippen LogP contribution is 2.15. The molecule has 0 aromatic heterocycles. The minimum atomic E-state index is -0.533. The molecule has 0 saturated carbocycles. The maximum atomic E-state index is 11.5. The largest absolute Gasteiger partial charge is 0.444 e. The lowest BCUT2D eigenvalue weighted by Crippen LogP contribution is -2.85. The van der Waals surface area contributed by atoms with Gasteiger partial charge in [0.1, 0.15) is 5.60 Å². The number of amides is 3. The number of benzene rings is 1. The van der Waals surface area contributed by atoms with Crippen molar-refractivity contribution in [1.82, 2.24) is 0 Å². The third-order valence-corrected chi connectivity index (χ3v) is 2.06. The lowest BCUT2D eigenvalue weighted by Gasteiger charge is -2.19. The average molecular weight is 266 g/mol. The van der Waals surface area contributed by atoms with Gasteiger partial charge in [0, 0.05) is 11.4 Å². The van der Waals surface area contributed by atoms with Crippen LogP contribution in [0.15, 0.2) is 24.3 Å². The lowest BCUT2D eigenvalue weighted by molar-refractivity contribution is -0.519. The van der Waals surface area contributed by atoms with E-state index in [4.69, 9.17) is 4.74 Å². The third-order valence-electron chi connectivity index (χ3n) is 2.06. The summed E-state index contributed by atoms with van der Waals surface area (Å²) in [4.78, 5) is 22.7. The average Bonchev–Trinajstić information content (AvgIpc) is 2.29. The quantitative estimate of drug-likeness (QED) is 0.762. The number of nitrogens with one attached hydrogen (secondary N) is 2. The molecule has 0 saturated heterocycles. The zero-order chi connectivity index (χ0) is 14.5. The third kappa shape index (κ3) is 5.87. The number of quaternary nitrogens is 1. The zero-order valence-corrected chi connectivity index (χ0v) is 11.6. The van der Waals surface area contributed by atoms with Crippen molar-refractivity contribution >= 4 is 23.5 Å². The summed E-state index contributed by atoms with van der Waals surface area (Å²) in [6, 6.07) is 6.61. The molecule has 0 heterocycles. The van der Waals surface area contributed by atoms with Crippen molar-refractivity contribution in [2.24, 2.45) is 0 Å². The van der Waals surface area contributed by atoms with E-state index in [1.54, 1.807) is 52.1 Å². The summed E-state index contributed by atoms with van der Waals surface area (Å²) in [5.41, 5.74) is 0.736. The maximum absolute atomic E-state index is 11.5. The first-order chi connectivity index (χ1) is 8.80. The van der Waals surface area contributed by atoms with Crippen LogP contribution in [0.1, 0.15) is 20.8 Å². The van der Waals surface area contributed by atoms with Crippen molar-refractivity contribution < 1.29 is 19.6 Å². The summed E-state index contributed by atoms with van der Waals surface area (Å²) >= 11 is 0. The van der Waals surface area contributed by atoms with Crippen LogP contribution in [0.5, 0.6) is 0 Å². The zero-order valence-electron chi connectivity index (χ0n) is 11.6. The number of anilines is 2. The van der Waals surface area contributed by atoms with E-state index >= 15 is 0 Å². The molecule has 1 aromatic rings. The molecule has 4 N–H and O–H groups in total. The Morgan fingerprint density at radius 2 is 1.53 bits per heavy atom. The van der Waals surface area contributed by atoms with Gasteiger partial charge in [-0.2, -0.15) is 0 Å². The Kier molecular flexibility index (Phi) is 4.88. The number of ether oxygens (including phenoxy) is 1. The molecule has 1 aromatic carbocycles. The Morgan fingerprint density at radius 3 is 1.95 bits per heavy atom. The number of primary amides is 1. The Bertz CT molecular complexity index is 449. The van der Waals surface area contributed by atoms with Crippen LogP contribution >= 0.6 is 0 Å². The molecule has 0 fully saturated rings. The molecular weight excluding hydrogens is 246 g/mol. The van der Waals surface area contributed by atoms with Gasteiger partial charge in [0.2, 0.25) is 0 Å². The van der Waals surface area contributed by atoms with E-state index < -0.39 is 11.7 Å². The van der Waals surface area contributed by atoms with E-state index in [0.29, 0.717) is 11.4 Å². The number of hydrogen-bond donors (Lipinski definition) is 3. The van der Waals surface area contributed by atoms with Gasteiger partial charge in [0.05, 0.1) is 7.05 Å². The molecule has 0 radical (unpaired) electrons. The number of carbonyl (C=O) groups is 2. The second-order valence-electron chi connectivity index (χ2n) is 4.98. The fourth-order valence-corrected chi connectivity index (χ4v) is 1.27. The number of nitrogens with two attached hydrogens (primary N) is 1. The minimum absolute atomic E-state index is 0.173. The van der Waals surface area contributed by atoms with E-state index in [1.807, 2.05) is 0 Å². The van der Waals surface area contributed by atoms with Gasteiger partial charge in [-0.05, 0) is 45.0 Å². The second-order valence-corrected chi connectivity index (χ2v) is 4.98. The SMILES string of the molecule is C[NH2+]C(=O)Nc1ccc(NC(=O)OC(C)(C)C)cc1. The van der Waals surface area contributed by atoms with Crippen LogP contribution < -0.4 is 16.0 Å². The van der Waals surface area contributed by atoms with Gasteiger partial charge in [-0.25, -0.2) is 9.59 Å². The van der Waals surface area contributed by atoms with Crippen LogP contribution in [0, 0.1) is 0 Å². The molecule has 0 aliphatic rings. The summed E-state index contributed by atoms with van der Waals surface area (Å²) in [5, 5.41) is 6.72. The lowest BCUT2D eigenvalue weighted by atomic mass is 10.2. The van der Waals surface area contributed by atoms with Gasteiger partial charge in [-0.1, -0.05) is 0 Å². The van der Waals surface area contributed by atoms with E-state index in [1.165, 1.54) is 5.32 Å². The first kappa shape index (κ1) is 15.0. The molecule has 0 aliphatic heterocycles. The number of rotatable bonds is 2. The van der Waals surface area contributed by atoms with Gasteiger partial charge in [-0.15, -0.1) is 0 Å². The molecule has 1 rings (SSSR count). The Balaban J connectivity index is 2.57. The van der Waals surface area contributed by atoms with Crippen molar-refractivity contribution in [3.8, 4) is 0 Å². The fourth-order valence-electron chi connectivity index (χ4n) is 1.27. The number of hydrogen-bond acceptors (Lipinski definition) is 3. The van der Waals surface area contributed by atoms with Crippen molar-refractivity contribution in [2.75, 3.05) is 17.7 Å². The number of carbonyl (C=O) groups excluding carboxylic acids is 2. The van der Waals surface area contributed by atoms with E-state index in [9.17, 15) is 9.59 Å². The molecule has 6 heteroatoms. The first-order valence-corrected chi connectivity index (χ1v) is 6.00. The summed E-state index contributed by atoms with van der Waals surface area (Å²) in [5.74, 6) is 0. The van der Waals surface area contributed by atoms with Crippen LogP contribution in [-0.2, 0) is 4.74 Å². The van der Waals surface area contributed by atoms with Crippen molar-refractivity contribution in [1.29, 1.82) is 0 Å².